The van der Waals surface area contributed by atoms with Gasteiger partial charge in [0, 0.05) is 22.5 Å². The molecule has 4 rings (SSSR count). The zero-order valence-corrected chi connectivity index (χ0v) is 16.9. The van der Waals surface area contributed by atoms with Crippen LogP contribution in [-0.2, 0) is 6.42 Å². The summed E-state index contributed by atoms with van der Waals surface area (Å²) in [6, 6.07) is 13.4. The second-order valence-electron chi connectivity index (χ2n) is 5.85. The number of para-hydroxylation sites is 1. The van der Waals surface area contributed by atoms with Gasteiger partial charge in [-0.15, -0.1) is 16.4 Å². The molecule has 0 unspecified atom stereocenters. The standard InChI is InChI=1S/C19H15N7OS2/c1-12-11-28-18(22-12)24-17-15(27-13-5-3-2-4-6-13)9-14(10-21-17)29-19-23-16(7-8-20)25-26-19/h2-6,9-11H,7H2,1H3,(H,21,22,24)(H,23,25,26). The van der Waals surface area contributed by atoms with Crippen LogP contribution in [0.15, 0.2) is 58.0 Å². The predicted octanol–water partition coefficient (Wildman–Crippen LogP) is 4.72. The number of thiazole rings is 1. The van der Waals surface area contributed by atoms with Gasteiger partial charge in [0.05, 0.1) is 18.2 Å². The van der Waals surface area contributed by atoms with E-state index in [1.807, 2.05) is 54.8 Å². The first-order valence-corrected chi connectivity index (χ1v) is 10.3. The highest BCUT2D eigenvalue weighted by Crippen LogP contribution is 2.35. The Hall–Kier alpha value is -3.42. The van der Waals surface area contributed by atoms with Gasteiger partial charge >= 0.3 is 0 Å². The SMILES string of the molecule is Cc1csc(Nc2ncc(Sc3n[nH]c(CC#N)n3)cc2Oc2ccccc2)n1. The Morgan fingerprint density at radius 2 is 2.14 bits per heavy atom. The van der Waals surface area contributed by atoms with Crippen molar-refractivity contribution in [2.45, 2.75) is 23.4 Å². The molecule has 0 saturated heterocycles. The first-order chi connectivity index (χ1) is 14.2. The lowest BCUT2D eigenvalue weighted by Gasteiger charge is -2.12. The van der Waals surface area contributed by atoms with E-state index in [2.05, 4.69) is 30.5 Å². The van der Waals surface area contributed by atoms with Crippen molar-refractivity contribution in [2.24, 2.45) is 0 Å². The maximum absolute atomic E-state index is 8.77. The average molecular weight is 422 g/mol. The second-order valence-corrected chi connectivity index (χ2v) is 7.75. The van der Waals surface area contributed by atoms with E-state index in [0.29, 0.717) is 28.3 Å². The lowest BCUT2D eigenvalue weighted by Crippen LogP contribution is -1.97. The molecule has 4 aromatic rings. The molecule has 2 N–H and O–H groups in total. The molecule has 0 radical (unpaired) electrons. The van der Waals surface area contributed by atoms with Gasteiger partial charge in [-0.3, -0.25) is 5.10 Å². The molecule has 3 aromatic heterocycles. The number of rotatable bonds is 7. The number of pyridine rings is 1. The van der Waals surface area contributed by atoms with E-state index >= 15 is 0 Å². The Kier molecular flexibility index (Phi) is 5.69. The number of aryl methyl sites for hydroxylation is 1. The number of anilines is 2. The van der Waals surface area contributed by atoms with Crippen LogP contribution < -0.4 is 10.1 Å². The molecule has 0 aliphatic heterocycles. The summed E-state index contributed by atoms with van der Waals surface area (Å²) in [7, 11) is 0. The molecule has 0 saturated carbocycles. The minimum atomic E-state index is 0.185. The van der Waals surface area contributed by atoms with Gasteiger partial charge in [0.15, 0.2) is 16.7 Å². The number of hydrogen-bond donors (Lipinski definition) is 2. The van der Waals surface area contributed by atoms with Crippen LogP contribution in [-0.4, -0.2) is 25.1 Å². The molecule has 10 heteroatoms. The number of hydrogen-bond acceptors (Lipinski definition) is 9. The third-order valence-electron chi connectivity index (χ3n) is 3.61. The van der Waals surface area contributed by atoms with Crippen LogP contribution in [0.2, 0.25) is 0 Å². The van der Waals surface area contributed by atoms with Crippen molar-refractivity contribution in [1.82, 2.24) is 25.1 Å². The first kappa shape index (κ1) is 18.9. The zero-order valence-electron chi connectivity index (χ0n) is 15.3. The molecule has 8 nitrogen and oxygen atoms in total. The van der Waals surface area contributed by atoms with Crippen molar-refractivity contribution in [3.8, 4) is 17.6 Å². The van der Waals surface area contributed by atoms with E-state index in [1.165, 1.54) is 23.1 Å². The largest absolute Gasteiger partial charge is 0.453 e. The number of ether oxygens (including phenoxy) is 1. The third kappa shape index (κ3) is 4.90. The minimum Gasteiger partial charge on any atom is -0.453 e. The van der Waals surface area contributed by atoms with Gasteiger partial charge < -0.3 is 10.1 Å². The monoisotopic (exact) mass is 421 g/mol. The Bertz CT molecular complexity index is 1150. The summed E-state index contributed by atoms with van der Waals surface area (Å²) in [5.74, 6) is 2.35. The van der Waals surface area contributed by atoms with Crippen LogP contribution in [0.3, 0.4) is 0 Å². The van der Waals surface area contributed by atoms with Crippen molar-refractivity contribution in [3.63, 3.8) is 0 Å². The van der Waals surface area contributed by atoms with Crippen molar-refractivity contribution in [1.29, 1.82) is 5.26 Å². The molecule has 0 aliphatic carbocycles. The topological polar surface area (TPSA) is 112 Å². The number of aromatic amines is 1. The predicted molar refractivity (Wildman–Crippen MR) is 111 cm³/mol. The molecule has 144 valence electrons. The van der Waals surface area contributed by atoms with Crippen LogP contribution >= 0.6 is 23.1 Å². The van der Waals surface area contributed by atoms with Crippen LogP contribution in [0.5, 0.6) is 11.5 Å². The fourth-order valence-corrected chi connectivity index (χ4v) is 3.78. The number of nitrogens with zero attached hydrogens (tertiary/aromatic N) is 5. The van der Waals surface area contributed by atoms with Gasteiger partial charge in [-0.25, -0.2) is 15.0 Å². The molecule has 0 spiro atoms. The van der Waals surface area contributed by atoms with Gasteiger partial charge in [-0.05, 0) is 30.8 Å². The van der Waals surface area contributed by atoms with E-state index in [4.69, 9.17) is 10.00 Å². The third-order valence-corrected chi connectivity index (χ3v) is 5.31. The summed E-state index contributed by atoms with van der Waals surface area (Å²) >= 11 is 2.83. The molecular formula is C19H15N7OS2. The number of nitrogens with one attached hydrogen (secondary N) is 2. The van der Waals surface area contributed by atoms with Crippen LogP contribution in [0.1, 0.15) is 11.5 Å². The molecule has 3 heterocycles. The molecule has 0 amide bonds. The number of benzene rings is 1. The lowest BCUT2D eigenvalue weighted by molar-refractivity contribution is 0.481. The van der Waals surface area contributed by atoms with Crippen LogP contribution in [0.25, 0.3) is 0 Å². The van der Waals surface area contributed by atoms with Gasteiger partial charge in [0.2, 0.25) is 5.16 Å². The number of aromatic nitrogens is 5. The molecular weight excluding hydrogens is 406 g/mol. The molecule has 0 bridgehead atoms. The Labute approximate surface area is 175 Å². The van der Waals surface area contributed by atoms with E-state index in [-0.39, 0.29) is 6.42 Å². The van der Waals surface area contributed by atoms with Crippen molar-refractivity contribution in [3.05, 3.63) is 59.5 Å². The van der Waals surface area contributed by atoms with E-state index in [0.717, 1.165) is 15.7 Å². The van der Waals surface area contributed by atoms with Gasteiger partial charge in [0.1, 0.15) is 11.6 Å². The van der Waals surface area contributed by atoms with Gasteiger partial charge in [-0.2, -0.15) is 5.26 Å². The Morgan fingerprint density at radius 1 is 1.28 bits per heavy atom. The highest BCUT2D eigenvalue weighted by Gasteiger charge is 2.13. The van der Waals surface area contributed by atoms with Crippen LogP contribution in [0, 0.1) is 18.3 Å². The summed E-state index contributed by atoms with van der Waals surface area (Å²) in [6.45, 7) is 1.94. The fraction of sp³-hybridized carbons (Fsp3) is 0.105. The molecule has 0 atom stereocenters. The van der Waals surface area contributed by atoms with Gasteiger partial charge in [-0.1, -0.05) is 18.2 Å². The molecule has 1 aromatic carbocycles. The molecule has 29 heavy (non-hydrogen) atoms. The molecule has 0 fully saturated rings. The van der Waals surface area contributed by atoms with E-state index in [9.17, 15) is 0 Å². The lowest BCUT2D eigenvalue weighted by atomic mass is 10.3. The summed E-state index contributed by atoms with van der Waals surface area (Å²) in [5, 5.41) is 22.1. The Morgan fingerprint density at radius 3 is 2.90 bits per heavy atom. The smallest absolute Gasteiger partial charge is 0.213 e. The molecule has 0 aliphatic rings. The normalized spacial score (nSPS) is 10.5. The van der Waals surface area contributed by atoms with Crippen molar-refractivity contribution >= 4 is 34.0 Å². The Balaban J connectivity index is 1.61. The van der Waals surface area contributed by atoms with E-state index in [1.54, 1.807) is 6.20 Å². The quantitative estimate of drug-likeness (QED) is 0.441. The van der Waals surface area contributed by atoms with Crippen molar-refractivity contribution in [2.75, 3.05) is 5.32 Å². The second kappa shape index (κ2) is 8.72. The first-order valence-electron chi connectivity index (χ1n) is 8.58. The summed E-state index contributed by atoms with van der Waals surface area (Å²) in [6.07, 6.45) is 1.90. The summed E-state index contributed by atoms with van der Waals surface area (Å²) in [5.41, 5.74) is 0.938. The zero-order chi connectivity index (χ0) is 20.1. The fourth-order valence-electron chi connectivity index (χ4n) is 2.37. The summed E-state index contributed by atoms with van der Waals surface area (Å²) < 4.78 is 6.06. The summed E-state index contributed by atoms with van der Waals surface area (Å²) in [4.78, 5) is 14.0. The van der Waals surface area contributed by atoms with E-state index < -0.39 is 0 Å². The maximum Gasteiger partial charge on any atom is 0.213 e. The highest BCUT2D eigenvalue weighted by molar-refractivity contribution is 7.99. The minimum absolute atomic E-state index is 0.185. The highest BCUT2D eigenvalue weighted by atomic mass is 32.2. The van der Waals surface area contributed by atoms with Crippen molar-refractivity contribution < 1.29 is 4.74 Å². The van der Waals surface area contributed by atoms with Crippen LogP contribution in [0.4, 0.5) is 10.9 Å². The maximum atomic E-state index is 8.77. The van der Waals surface area contributed by atoms with Gasteiger partial charge in [0.25, 0.3) is 0 Å². The number of nitriles is 1. The number of H-pyrrole nitrogens is 1. The average Bonchev–Trinajstić information content (AvgIpc) is 3.33.